The van der Waals surface area contributed by atoms with E-state index in [1.807, 2.05) is 6.92 Å². The standard InChI is InChI=1S/C13H17FN4O/c1-3-18-13(11(19-2)8-16-18)12(17-15)9-4-6-10(14)7-5-9/h4-8,12,17H,3,15H2,1-2H3. The molecule has 0 saturated carbocycles. The van der Waals surface area contributed by atoms with Crippen molar-refractivity contribution in [1.29, 1.82) is 0 Å². The van der Waals surface area contributed by atoms with E-state index < -0.39 is 0 Å². The quantitative estimate of drug-likeness (QED) is 0.636. The molecule has 0 aliphatic heterocycles. The van der Waals surface area contributed by atoms with Gasteiger partial charge in [0, 0.05) is 6.54 Å². The van der Waals surface area contributed by atoms with Crippen LogP contribution in [0.4, 0.5) is 4.39 Å². The Hall–Kier alpha value is -1.92. The first-order valence-electron chi connectivity index (χ1n) is 6.02. The Morgan fingerprint density at radius 2 is 2.11 bits per heavy atom. The molecule has 1 atom stereocenters. The van der Waals surface area contributed by atoms with Gasteiger partial charge in [-0.3, -0.25) is 10.5 Å². The first-order chi connectivity index (χ1) is 9.21. The molecule has 0 aliphatic carbocycles. The number of hydrogen-bond acceptors (Lipinski definition) is 4. The van der Waals surface area contributed by atoms with Crippen LogP contribution in [0.5, 0.6) is 5.75 Å². The minimum atomic E-state index is -0.307. The van der Waals surface area contributed by atoms with Crippen molar-refractivity contribution in [2.45, 2.75) is 19.5 Å². The van der Waals surface area contributed by atoms with Crippen LogP contribution in [0.3, 0.4) is 0 Å². The fourth-order valence-electron chi connectivity index (χ4n) is 2.07. The maximum atomic E-state index is 13.0. The molecule has 0 fully saturated rings. The Labute approximate surface area is 111 Å². The summed E-state index contributed by atoms with van der Waals surface area (Å²) in [6, 6.07) is 5.87. The van der Waals surface area contributed by atoms with Crippen LogP contribution in [-0.4, -0.2) is 16.9 Å². The molecule has 0 radical (unpaired) electrons. The number of hydrogen-bond donors (Lipinski definition) is 2. The zero-order valence-electron chi connectivity index (χ0n) is 10.9. The van der Waals surface area contributed by atoms with Gasteiger partial charge in [-0.15, -0.1) is 0 Å². The molecule has 3 N–H and O–H groups in total. The number of hydrazine groups is 1. The van der Waals surface area contributed by atoms with E-state index in [0.717, 1.165) is 11.3 Å². The minimum absolute atomic E-state index is 0.282. The van der Waals surface area contributed by atoms with Crippen LogP contribution in [0, 0.1) is 5.82 Å². The second-order valence-corrected chi connectivity index (χ2v) is 4.07. The molecule has 19 heavy (non-hydrogen) atoms. The molecule has 0 amide bonds. The Bertz CT molecular complexity index is 517. The van der Waals surface area contributed by atoms with Crippen molar-refractivity contribution >= 4 is 0 Å². The van der Waals surface area contributed by atoms with Gasteiger partial charge in [-0.1, -0.05) is 12.1 Å². The van der Waals surface area contributed by atoms with Gasteiger partial charge in [0.2, 0.25) is 0 Å². The molecule has 0 bridgehead atoms. The predicted molar refractivity (Wildman–Crippen MR) is 70.0 cm³/mol. The van der Waals surface area contributed by atoms with Gasteiger partial charge in [0.15, 0.2) is 5.75 Å². The Morgan fingerprint density at radius 3 is 2.63 bits per heavy atom. The second-order valence-electron chi connectivity index (χ2n) is 4.07. The van der Waals surface area contributed by atoms with E-state index in [-0.39, 0.29) is 11.9 Å². The van der Waals surface area contributed by atoms with Gasteiger partial charge in [0.05, 0.1) is 19.3 Å². The van der Waals surface area contributed by atoms with E-state index in [0.29, 0.717) is 12.3 Å². The summed E-state index contributed by atoms with van der Waals surface area (Å²) in [6.07, 6.45) is 1.65. The monoisotopic (exact) mass is 264 g/mol. The van der Waals surface area contributed by atoms with Crippen molar-refractivity contribution in [1.82, 2.24) is 15.2 Å². The third kappa shape index (κ3) is 2.59. The first kappa shape index (κ1) is 13.5. The molecule has 2 rings (SSSR count). The molecular formula is C13H17FN4O. The fraction of sp³-hybridized carbons (Fsp3) is 0.308. The highest BCUT2D eigenvalue weighted by molar-refractivity contribution is 5.36. The number of nitrogens with one attached hydrogen (secondary N) is 1. The van der Waals surface area contributed by atoms with E-state index in [1.165, 1.54) is 12.1 Å². The first-order valence-corrected chi connectivity index (χ1v) is 6.02. The highest BCUT2D eigenvalue weighted by Crippen LogP contribution is 2.29. The largest absolute Gasteiger partial charge is 0.493 e. The highest BCUT2D eigenvalue weighted by atomic mass is 19.1. The molecule has 1 heterocycles. The van der Waals surface area contributed by atoms with E-state index in [4.69, 9.17) is 10.6 Å². The molecule has 1 unspecified atom stereocenters. The van der Waals surface area contributed by atoms with Crippen molar-refractivity contribution in [3.8, 4) is 5.75 Å². The highest BCUT2D eigenvalue weighted by Gasteiger charge is 2.22. The summed E-state index contributed by atoms with van der Waals surface area (Å²) in [4.78, 5) is 0. The summed E-state index contributed by atoms with van der Waals surface area (Å²) >= 11 is 0. The molecule has 102 valence electrons. The van der Waals surface area contributed by atoms with Crippen LogP contribution in [0.15, 0.2) is 30.5 Å². The van der Waals surface area contributed by atoms with E-state index in [2.05, 4.69) is 10.5 Å². The van der Waals surface area contributed by atoms with Crippen LogP contribution in [-0.2, 0) is 6.54 Å². The number of methoxy groups -OCH3 is 1. The van der Waals surface area contributed by atoms with Crippen molar-refractivity contribution in [3.05, 3.63) is 47.5 Å². The third-order valence-electron chi connectivity index (χ3n) is 3.01. The summed E-state index contributed by atoms with van der Waals surface area (Å²) in [5.74, 6) is 6.01. The van der Waals surface area contributed by atoms with Crippen molar-refractivity contribution in [2.24, 2.45) is 5.84 Å². The van der Waals surface area contributed by atoms with Gasteiger partial charge in [-0.25, -0.2) is 9.82 Å². The molecular weight excluding hydrogens is 247 g/mol. The minimum Gasteiger partial charge on any atom is -0.493 e. The average Bonchev–Trinajstić information content (AvgIpc) is 2.85. The van der Waals surface area contributed by atoms with Crippen LogP contribution < -0.4 is 16.0 Å². The smallest absolute Gasteiger partial charge is 0.161 e. The zero-order chi connectivity index (χ0) is 13.8. The van der Waals surface area contributed by atoms with Gasteiger partial charge in [-0.2, -0.15) is 5.10 Å². The number of benzene rings is 1. The normalized spacial score (nSPS) is 12.4. The average molecular weight is 264 g/mol. The SMILES string of the molecule is CCn1ncc(OC)c1C(NN)c1ccc(F)cc1. The molecule has 0 spiro atoms. The van der Waals surface area contributed by atoms with Crippen LogP contribution in [0.25, 0.3) is 0 Å². The summed E-state index contributed by atoms with van der Waals surface area (Å²) in [5, 5.41) is 4.24. The second kappa shape index (κ2) is 5.81. The third-order valence-corrected chi connectivity index (χ3v) is 3.01. The number of aryl methyl sites for hydroxylation is 1. The number of ether oxygens (including phenoxy) is 1. The lowest BCUT2D eigenvalue weighted by molar-refractivity contribution is 0.399. The summed E-state index contributed by atoms with van der Waals surface area (Å²) in [6.45, 7) is 2.67. The van der Waals surface area contributed by atoms with E-state index in [9.17, 15) is 4.39 Å². The Morgan fingerprint density at radius 1 is 1.42 bits per heavy atom. The maximum absolute atomic E-state index is 13.0. The molecule has 0 aliphatic rings. The summed E-state index contributed by atoms with van der Waals surface area (Å²) in [7, 11) is 1.58. The van der Waals surface area contributed by atoms with Gasteiger partial charge in [-0.05, 0) is 24.6 Å². The van der Waals surface area contributed by atoms with E-state index in [1.54, 1.807) is 30.1 Å². The van der Waals surface area contributed by atoms with Crippen molar-refractivity contribution in [3.63, 3.8) is 0 Å². The van der Waals surface area contributed by atoms with Crippen LogP contribution >= 0.6 is 0 Å². The predicted octanol–water partition coefficient (Wildman–Crippen LogP) is 1.60. The molecule has 5 nitrogen and oxygen atoms in total. The molecule has 1 aromatic heterocycles. The van der Waals surface area contributed by atoms with Gasteiger partial charge in [0.1, 0.15) is 11.5 Å². The van der Waals surface area contributed by atoms with Crippen LogP contribution in [0.1, 0.15) is 24.2 Å². The zero-order valence-corrected chi connectivity index (χ0v) is 10.9. The van der Waals surface area contributed by atoms with Crippen molar-refractivity contribution in [2.75, 3.05) is 7.11 Å². The fourth-order valence-corrected chi connectivity index (χ4v) is 2.07. The molecule has 1 aromatic carbocycles. The molecule has 2 aromatic rings. The number of aromatic nitrogens is 2. The number of halogens is 1. The van der Waals surface area contributed by atoms with Crippen LogP contribution in [0.2, 0.25) is 0 Å². The lowest BCUT2D eigenvalue weighted by Gasteiger charge is -2.19. The molecule has 0 saturated heterocycles. The lowest BCUT2D eigenvalue weighted by atomic mass is 10.0. The molecule has 6 heteroatoms. The number of rotatable bonds is 5. The maximum Gasteiger partial charge on any atom is 0.161 e. The van der Waals surface area contributed by atoms with Crippen molar-refractivity contribution < 1.29 is 9.13 Å². The summed E-state index contributed by atoms with van der Waals surface area (Å²) < 4.78 is 20.1. The Balaban J connectivity index is 2.46. The Kier molecular flexibility index (Phi) is 4.13. The van der Waals surface area contributed by atoms with E-state index >= 15 is 0 Å². The van der Waals surface area contributed by atoms with Gasteiger partial charge >= 0.3 is 0 Å². The topological polar surface area (TPSA) is 65.1 Å². The number of nitrogens with zero attached hydrogens (tertiary/aromatic N) is 2. The van der Waals surface area contributed by atoms with Gasteiger partial charge < -0.3 is 4.74 Å². The lowest BCUT2D eigenvalue weighted by Crippen LogP contribution is -2.31. The number of nitrogens with two attached hydrogens (primary N) is 1. The summed E-state index contributed by atoms with van der Waals surface area (Å²) in [5.41, 5.74) is 4.39. The van der Waals surface area contributed by atoms with Gasteiger partial charge in [0.25, 0.3) is 0 Å².